The van der Waals surface area contributed by atoms with Gasteiger partial charge in [0.05, 0.1) is 22.6 Å². The predicted molar refractivity (Wildman–Crippen MR) is 130 cm³/mol. The summed E-state index contributed by atoms with van der Waals surface area (Å²) in [5.74, 6) is -1.37. The molecule has 0 spiro atoms. The first-order valence-electron chi connectivity index (χ1n) is 11.3. The molecule has 1 saturated heterocycles. The first kappa shape index (κ1) is 26.2. The van der Waals surface area contributed by atoms with E-state index in [1.807, 2.05) is 0 Å². The second kappa shape index (κ2) is 10.2. The number of aromatic nitrogens is 1. The van der Waals surface area contributed by atoms with Crippen LogP contribution in [0.25, 0.3) is 10.9 Å². The Morgan fingerprint density at radius 2 is 1.83 bits per heavy atom. The highest BCUT2D eigenvalue weighted by molar-refractivity contribution is 6.38. The van der Waals surface area contributed by atoms with Crippen molar-refractivity contribution in [1.82, 2.24) is 9.47 Å². The minimum atomic E-state index is -4.79. The first-order chi connectivity index (χ1) is 16.9. The van der Waals surface area contributed by atoms with E-state index in [1.54, 1.807) is 40.8 Å². The van der Waals surface area contributed by atoms with Crippen molar-refractivity contribution in [2.45, 2.75) is 39.1 Å². The van der Waals surface area contributed by atoms with Gasteiger partial charge in [-0.2, -0.15) is 0 Å². The number of hydrogen-bond donors (Lipinski definition) is 1. The minimum Gasteiger partial charge on any atom is -0.481 e. The Hall–Kier alpha value is -2.91. The summed E-state index contributed by atoms with van der Waals surface area (Å²) in [6.45, 7) is 2.76. The van der Waals surface area contributed by atoms with E-state index in [0.29, 0.717) is 58.5 Å². The summed E-state index contributed by atoms with van der Waals surface area (Å²) in [6.07, 6.45) is -1.79. The Balaban J connectivity index is 1.58. The Bertz CT molecular complexity index is 1310. The zero-order chi connectivity index (χ0) is 26.2. The van der Waals surface area contributed by atoms with Crippen molar-refractivity contribution in [3.63, 3.8) is 0 Å². The Morgan fingerprint density at radius 3 is 2.47 bits per heavy atom. The van der Waals surface area contributed by atoms with Gasteiger partial charge in [-0.15, -0.1) is 13.2 Å². The molecule has 0 radical (unpaired) electrons. The molecule has 2 aromatic carbocycles. The van der Waals surface area contributed by atoms with Gasteiger partial charge in [-0.3, -0.25) is 9.59 Å². The van der Waals surface area contributed by atoms with Crippen molar-refractivity contribution in [1.29, 1.82) is 0 Å². The van der Waals surface area contributed by atoms with E-state index in [1.165, 1.54) is 12.1 Å². The molecule has 3 aromatic rings. The average molecular weight is 543 g/mol. The number of halogens is 5. The van der Waals surface area contributed by atoms with Crippen molar-refractivity contribution >= 4 is 46.0 Å². The zero-order valence-corrected chi connectivity index (χ0v) is 20.8. The quantitative estimate of drug-likeness (QED) is 0.384. The van der Waals surface area contributed by atoms with Crippen LogP contribution in [-0.4, -0.2) is 45.9 Å². The van der Waals surface area contributed by atoms with Crippen LogP contribution in [0.2, 0.25) is 10.0 Å². The van der Waals surface area contributed by atoms with Crippen LogP contribution in [0.5, 0.6) is 5.75 Å². The number of amides is 1. The number of alkyl halides is 3. The number of aliphatic carboxylic acids is 1. The number of fused-ring (bicyclic) bond motifs is 1. The molecule has 192 valence electrons. The highest BCUT2D eigenvalue weighted by Crippen LogP contribution is 2.34. The number of carboxylic acid groups (broad SMARTS) is 1. The molecule has 1 aromatic heterocycles. The summed E-state index contributed by atoms with van der Waals surface area (Å²) in [5.41, 5.74) is 2.06. The summed E-state index contributed by atoms with van der Waals surface area (Å²) in [4.78, 5) is 25.8. The van der Waals surface area contributed by atoms with Gasteiger partial charge in [-0.25, -0.2) is 0 Å². The van der Waals surface area contributed by atoms with E-state index < -0.39 is 12.3 Å². The molecule has 36 heavy (non-hydrogen) atoms. The summed E-state index contributed by atoms with van der Waals surface area (Å²) in [5, 5.41) is 10.1. The van der Waals surface area contributed by atoms with Crippen LogP contribution in [0.3, 0.4) is 0 Å². The fourth-order valence-electron chi connectivity index (χ4n) is 4.70. The summed E-state index contributed by atoms with van der Waals surface area (Å²) < 4.78 is 43.8. The molecule has 0 bridgehead atoms. The van der Waals surface area contributed by atoms with E-state index in [2.05, 4.69) is 4.74 Å². The number of carbonyl (C=O) groups is 2. The van der Waals surface area contributed by atoms with E-state index in [0.717, 1.165) is 0 Å². The van der Waals surface area contributed by atoms with Crippen molar-refractivity contribution in [2.75, 3.05) is 13.1 Å². The van der Waals surface area contributed by atoms with Gasteiger partial charge in [0.25, 0.3) is 5.91 Å². The van der Waals surface area contributed by atoms with Gasteiger partial charge in [0.2, 0.25) is 0 Å². The number of nitrogens with zero attached hydrogens (tertiary/aromatic N) is 2. The number of carbonyl (C=O) groups excluding carboxylic acids is 1. The van der Waals surface area contributed by atoms with Crippen LogP contribution in [0.1, 0.15) is 40.7 Å². The molecule has 0 atom stereocenters. The van der Waals surface area contributed by atoms with Gasteiger partial charge in [0.15, 0.2) is 0 Å². The second-order valence-electron chi connectivity index (χ2n) is 8.89. The van der Waals surface area contributed by atoms with Crippen LogP contribution in [0, 0.1) is 12.8 Å². The predicted octanol–water partition coefficient (Wildman–Crippen LogP) is 6.53. The Kier molecular flexibility index (Phi) is 7.43. The molecule has 0 aliphatic carbocycles. The molecule has 1 fully saturated rings. The molecule has 6 nitrogen and oxygen atoms in total. The molecule has 1 aliphatic rings. The molecule has 1 aliphatic heterocycles. The van der Waals surface area contributed by atoms with Crippen LogP contribution >= 0.6 is 23.2 Å². The lowest BCUT2D eigenvalue weighted by Gasteiger charge is -2.31. The molecule has 0 unspecified atom stereocenters. The van der Waals surface area contributed by atoms with Gasteiger partial charge in [-0.05, 0) is 61.6 Å². The highest BCUT2D eigenvalue weighted by Gasteiger charge is 2.31. The number of piperidine rings is 1. The lowest BCUT2D eigenvalue weighted by Crippen LogP contribution is -2.39. The highest BCUT2D eigenvalue weighted by atomic mass is 35.5. The van der Waals surface area contributed by atoms with E-state index in [4.69, 9.17) is 28.3 Å². The standard InChI is InChI=1S/C25H23Cl2F3N2O4/c1-14-10-17(36-25(28,29)30)12-16-6-9-32(23(14)16)13-19-20(26)3-2-18(22(19)27)24(35)31-7-4-15(5-8-31)11-21(33)34/h2-3,6,9-10,12,15H,4-5,7-8,11,13H2,1H3,(H,33,34). The number of ether oxygens (including phenoxy) is 1. The van der Waals surface area contributed by atoms with Crippen LogP contribution in [0.4, 0.5) is 13.2 Å². The first-order valence-corrected chi connectivity index (χ1v) is 12.0. The van der Waals surface area contributed by atoms with Crippen molar-refractivity contribution in [2.24, 2.45) is 5.92 Å². The van der Waals surface area contributed by atoms with Crippen LogP contribution in [-0.2, 0) is 11.3 Å². The molecule has 2 heterocycles. The number of rotatable bonds is 6. The number of benzene rings is 2. The Morgan fingerprint density at radius 1 is 1.14 bits per heavy atom. The normalized spacial score (nSPS) is 14.9. The molecular formula is C25H23Cl2F3N2O4. The molecule has 0 saturated carbocycles. The lowest BCUT2D eigenvalue weighted by atomic mass is 9.93. The summed E-state index contributed by atoms with van der Waals surface area (Å²) >= 11 is 13.1. The fourth-order valence-corrected chi connectivity index (χ4v) is 5.27. The topological polar surface area (TPSA) is 71.8 Å². The fraction of sp³-hybridized carbons (Fsp3) is 0.360. The largest absolute Gasteiger partial charge is 0.573 e. The number of likely N-dealkylation sites (tertiary alicyclic amines) is 1. The maximum atomic E-state index is 13.2. The minimum absolute atomic E-state index is 0.0371. The summed E-state index contributed by atoms with van der Waals surface area (Å²) in [7, 11) is 0. The summed E-state index contributed by atoms with van der Waals surface area (Å²) in [6, 6.07) is 7.46. The van der Waals surface area contributed by atoms with Crippen LogP contribution < -0.4 is 4.74 Å². The van der Waals surface area contributed by atoms with Gasteiger partial charge in [0.1, 0.15) is 5.75 Å². The maximum Gasteiger partial charge on any atom is 0.573 e. The lowest BCUT2D eigenvalue weighted by molar-refractivity contribution is -0.274. The van der Waals surface area contributed by atoms with Gasteiger partial charge in [-0.1, -0.05) is 23.2 Å². The second-order valence-corrected chi connectivity index (χ2v) is 9.68. The number of aryl methyl sites for hydroxylation is 1. The molecular weight excluding hydrogens is 520 g/mol. The molecule has 1 N–H and O–H groups in total. The molecule has 1 amide bonds. The Labute approximate surface area is 215 Å². The van der Waals surface area contributed by atoms with Gasteiger partial charge in [0, 0.05) is 41.7 Å². The van der Waals surface area contributed by atoms with Gasteiger partial charge < -0.3 is 19.3 Å². The van der Waals surface area contributed by atoms with E-state index in [-0.39, 0.29) is 35.6 Å². The van der Waals surface area contributed by atoms with Crippen LogP contribution in [0.15, 0.2) is 36.5 Å². The van der Waals surface area contributed by atoms with Gasteiger partial charge >= 0.3 is 12.3 Å². The number of hydrogen-bond acceptors (Lipinski definition) is 3. The van der Waals surface area contributed by atoms with E-state index >= 15 is 0 Å². The third-order valence-electron chi connectivity index (χ3n) is 6.37. The number of carboxylic acids is 1. The molecule has 11 heteroatoms. The maximum absolute atomic E-state index is 13.2. The van der Waals surface area contributed by atoms with E-state index in [9.17, 15) is 22.8 Å². The zero-order valence-electron chi connectivity index (χ0n) is 19.2. The molecule has 4 rings (SSSR count). The monoisotopic (exact) mass is 542 g/mol. The van der Waals surface area contributed by atoms with Crippen molar-refractivity contribution in [3.8, 4) is 5.75 Å². The SMILES string of the molecule is Cc1cc(OC(F)(F)F)cc2ccn(Cc3c(Cl)ccc(C(=O)N4CCC(CC(=O)O)CC4)c3Cl)c12. The van der Waals surface area contributed by atoms with Crippen molar-refractivity contribution in [3.05, 3.63) is 63.3 Å². The van der Waals surface area contributed by atoms with Crippen molar-refractivity contribution < 1.29 is 32.6 Å². The third-order valence-corrected chi connectivity index (χ3v) is 7.15. The smallest absolute Gasteiger partial charge is 0.481 e. The third kappa shape index (κ3) is 5.73. The average Bonchev–Trinajstić information content (AvgIpc) is 3.18.